The molecular weight excluding hydrogens is 340 g/mol. The van der Waals surface area contributed by atoms with Gasteiger partial charge in [0.1, 0.15) is 0 Å². The van der Waals surface area contributed by atoms with E-state index in [9.17, 15) is 4.79 Å². The molecule has 2 unspecified atom stereocenters. The molecule has 108 valence electrons. The Morgan fingerprint density at radius 3 is 3.00 bits per heavy atom. The maximum atomic E-state index is 12.3. The standard InChI is InChI=1S/C15H18BrClN2O/c16-13-4-3-10(8-14(13)17)15(20)18-11-5-7-19-6-1-2-12(19)9-11/h3-4,8,11-12H,1-2,5-7,9H2,(H,18,20). The van der Waals surface area contributed by atoms with Crippen molar-refractivity contribution in [2.24, 2.45) is 0 Å². The summed E-state index contributed by atoms with van der Waals surface area (Å²) in [6, 6.07) is 6.30. The molecule has 5 heteroatoms. The topological polar surface area (TPSA) is 32.3 Å². The van der Waals surface area contributed by atoms with Crippen LogP contribution in [0.1, 0.15) is 36.0 Å². The molecule has 2 atom stereocenters. The molecule has 0 aliphatic carbocycles. The Hall–Kier alpha value is -0.580. The van der Waals surface area contributed by atoms with Crippen LogP contribution in [0.5, 0.6) is 0 Å². The molecule has 0 bridgehead atoms. The number of rotatable bonds is 2. The average Bonchev–Trinajstić information content (AvgIpc) is 2.89. The van der Waals surface area contributed by atoms with Gasteiger partial charge in [0.15, 0.2) is 0 Å². The number of carbonyl (C=O) groups excluding carboxylic acids is 1. The smallest absolute Gasteiger partial charge is 0.251 e. The van der Waals surface area contributed by atoms with E-state index in [1.165, 1.54) is 19.4 Å². The molecule has 2 fully saturated rings. The van der Waals surface area contributed by atoms with E-state index in [0.29, 0.717) is 22.7 Å². The second kappa shape index (κ2) is 6.04. The van der Waals surface area contributed by atoms with Gasteiger partial charge in [-0.15, -0.1) is 0 Å². The van der Waals surface area contributed by atoms with Crippen molar-refractivity contribution in [1.29, 1.82) is 0 Å². The number of halogens is 2. The van der Waals surface area contributed by atoms with Crippen LogP contribution in [0, 0.1) is 0 Å². The van der Waals surface area contributed by atoms with Crippen LogP contribution in [-0.2, 0) is 0 Å². The predicted molar refractivity (Wildman–Crippen MR) is 84.2 cm³/mol. The fourth-order valence-corrected chi connectivity index (χ4v) is 3.69. The van der Waals surface area contributed by atoms with Gasteiger partial charge < -0.3 is 10.2 Å². The minimum Gasteiger partial charge on any atom is -0.349 e. The molecule has 0 aromatic heterocycles. The second-order valence-electron chi connectivity index (χ2n) is 5.66. The van der Waals surface area contributed by atoms with Crippen LogP contribution in [-0.4, -0.2) is 36.0 Å². The summed E-state index contributed by atoms with van der Waals surface area (Å²) in [5.74, 6) is -0.0177. The molecule has 2 aliphatic rings. The van der Waals surface area contributed by atoms with Crippen LogP contribution in [0.25, 0.3) is 0 Å². The highest BCUT2D eigenvalue weighted by Crippen LogP contribution is 2.27. The zero-order valence-corrected chi connectivity index (χ0v) is 13.6. The van der Waals surface area contributed by atoms with Crippen LogP contribution in [0.3, 0.4) is 0 Å². The lowest BCUT2D eigenvalue weighted by Crippen LogP contribution is -2.47. The van der Waals surface area contributed by atoms with Gasteiger partial charge in [-0.05, 0) is 66.4 Å². The maximum absolute atomic E-state index is 12.3. The minimum absolute atomic E-state index is 0.0177. The summed E-state index contributed by atoms with van der Waals surface area (Å²) in [5, 5.41) is 3.73. The SMILES string of the molecule is O=C(NC1CCN2CCCC2C1)c1ccc(Br)c(Cl)c1. The molecule has 1 N–H and O–H groups in total. The Bertz CT molecular complexity index is 523. The van der Waals surface area contributed by atoms with E-state index in [2.05, 4.69) is 26.1 Å². The van der Waals surface area contributed by atoms with E-state index >= 15 is 0 Å². The zero-order valence-electron chi connectivity index (χ0n) is 11.2. The van der Waals surface area contributed by atoms with Gasteiger partial charge in [-0.1, -0.05) is 11.6 Å². The van der Waals surface area contributed by atoms with Gasteiger partial charge in [-0.3, -0.25) is 4.79 Å². The van der Waals surface area contributed by atoms with Crippen molar-refractivity contribution in [2.45, 2.75) is 37.8 Å². The van der Waals surface area contributed by atoms with Crippen LogP contribution in [0.15, 0.2) is 22.7 Å². The monoisotopic (exact) mass is 356 g/mol. The summed E-state index contributed by atoms with van der Waals surface area (Å²) < 4.78 is 0.815. The molecule has 1 aromatic rings. The number of benzene rings is 1. The number of hydrogen-bond acceptors (Lipinski definition) is 2. The number of piperidine rings is 1. The first-order chi connectivity index (χ1) is 9.63. The maximum Gasteiger partial charge on any atom is 0.251 e. The van der Waals surface area contributed by atoms with Gasteiger partial charge in [-0.25, -0.2) is 0 Å². The number of nitrogens with one attached hydrogen (secondary N) is 1. The molecule has 1 aromatic carbocycles. The Morgan fingerprint density at radius 1 is 1.35 bits per heavy atom. The molecule has 0 radical (unpaired) electrons. The van der Waals surface area contributed by atoms with E-state index in [-0.39, 0.29) is 5.91 Å². The van der Waals surface area contributed by atoms with E-state index in [1.807, 2.05) is 6.07 Å². The molecule has 0 saturated carbocycles. The van der Waals surface area contributed by atoms with Gasteiger partial charge in [0.2, 0.25) is 0 Å². The summed E-state index contributed by atoms with van der Waals surface area (Å²) in [6.45, 7) is 2.34. The third kappa shape index (κ3) is 3.02. The molecule has 2 aliphatic heterocycles. The molecule has 0 spiro atoms. The van der Waals surface area contributed by atoms with Crippen molar-refractivity contribution < 1.29 is 4.79 Å². The summed E-state index contributed by atoms with van der Waals surface area (Å²) in [7, 11) is 0. The lowest BCUT2D eigenvalue weighted by molar-refractivity contribution is 0.0896. The third-order valence-electron chi connectivity index (χ3n) is 4.34. The Labute approximate surface area is 132 Å². The molecular formula is C15H18BrClN2O. The van der Waals surface area contributed by atoms with Crippen LogP contribution in [0.2, 0.25) is 5.02 Å². The van der Waals surface area contributed by atoms with E-state index in [0.717, 1.165) is 23.9 Å². The Kier molecular flexibility index (Phi) is 4.34. The Morgan fingerprint density at radius 2 is 2.20 bits per heavy atom. The zero-order chi connectivity index (χ0) is 14.1. The number of hydrogen-bond donors (Lipinski definition) is 1. The van der Waals surface area contributed by atoms with Crippen molar-refractivity contribution in [2.75, 3.05) is 13.1 Å². The van der Waals surface area contributed by atoms with Crippen LogP contribution < -0.4 is 5.32 Å². The quantitative estimate of drug-likeness (QED) is 0.879. The molecule has 2 heterocycles. The summed E-state index contributed by atoms with van der Waals surface area (Å²) in [5.41, 5.74) is 0.632. The van der Waals surface area contributed by atoms with Gasteiger partial charge in [0, 0.05) is 28.7 Å². The Balaban J connectivity index is 1.62. The number of fused-ring (bicyclic) bond motifs is 1. The fourth-order valence-electron chi connectivity index (χ4n) is 3.26. The number of nitrogens with zero attached hydrogens (tertiary/aromatic N) is 1. The van der Waals surface area contributed by atoms with Crippen molar-refractivity contribution in [3.05, 3.63) is 33.3 Å². The predicted octanol–water partition coefficient (Wildman–Crippen LogP) is 3.46. The first kappa shape index (κ1) is 14.4. The van der Waals surface area contributed by atoms with Crippen LogP contribution >= 0.6 is 27.5 Å². The van der Waals surface area contributed by atoms with E-state index in [1.54, 1.807) is 12.1 Å². The lowest BCUT2D eigenvalue weighted by Gasteiger charge is -2.35. The summed E-state index contributed by atoms with van der Waals surface area (Å²) in [6.07, 6.45) is 4.70. The van der Waals surface area contributed by atoms with Gasteiger partial charge in [0.05, 0.1) is 5.02 Å². The summed E-state index contributed by atoms with van der Waals surface area (Å²) in [4.78, 5) is 14.8. The van der Waals surface area contributed by atoms with Crippen molar-refractivity contribution in [1.82, 2.24) is 10.2 Å². The number of carbonyl (C=O) groups is 1. The molecule has 3 nitrogen and oxygen atoms in total. The highest BCUT2D eigenvalue weighted by molar-refractivity contribution is 9.10. The van der Waals surface area contributed by atoms with Gasteiger partial charge in [0.25, 0.3) is 5.91 Å². The van der Waals surface area contributed by atoms with Crippen molar-refractivity contribution >= 4 is 33.4 Å². The van der Waals surface area contributed by atoms with Gasteiger partial charge >= 0.3 is 0 Å². The molecule has 20 heavy (non-hydrogen) atoms. The molecule has 1 amide bonds. The van der Waals surface area contributed by atoms with Crippen molar-refractivity contribution in [3.8, 4) is 0 Å². The first-order valence-corrected chi connectivity index (χ1v) is 8.30. The minimum atomic E-state index is -0.0177. The van der Waals surface area contributed by atoms with Crippen molar-refractivity contribution in [3.63, 3.8) is 0 Å². The highest BCUT2D eigenvalue weighted by Gasteiger charge is 2.32. The second-order valence-corrected chi connectivity index (χ2v) is 6.92. The normalized spacial score (nSPS) is 26.3. The fraction of sp³-hybridized carbons (Fsp3) is 0.533. The van der Waals surface area contributed by atoms with E-state index < -0.39 is 0 Å². The van der Waals surface area contributed by atoms with Crippen LogP contribution in [0.4, 0.5) is 0 Å². The average molecular weight is 358 g/mol. The number of amides is 1. The summed E-state index contributed by atoms with van der Waals surface area (Å²) >= 11 is 9.38. The highest BCUT2D eigenvalue weighted by atomic mass is 79.9. The molecule has 2 saturated heterocycles. The lowest BCUT2D eigenvalue weighted by atomic mass is 9.97. The van der Waals surface area contributed by atoms with Gasteiger partial charge in [-0.2, -0.15) is 0 Å². The third-order valence-corrected chi connectivity index (χ3v) is 5.57. The first-order valence-electron chi connectivity index (χ1n) is 7.13. The largest absolute Gasteiger partial charge is 0.349 e. The molecule has 3 rings (SSSR count). The van der Waals surface area contributed by atoms with E-state index in [4.69, 9.17) is 11.6 Å².